The smallest absolute Gasteiger partial charge is 0.693 e. The fourth-order valence-electron chi connectivity index (χ4n) is 5.63. The monoisotopic (exact) mass is 1910 g/mol. The van der Waals surface area contributed by atoms with Gasteiger partial charge >= 0.3 is 143 Å². The summed E-state index contributed by atoms with van der Waals surface area (Å²) in [4.78, 5) is 60.8. The van der Waals surface area contributed by atoms with Crippen LogP contribution >= 0.6 is 56.5 Å². The third-order valence-electron chi connectivity index (χ3n) is 10.2. The van der Waals surface area contributed by atoms with Gasteiger partial charge in [-0.3, -0.25) is 0 Å². The quantitative estimate of drug-likeness (QED) is 0.0620. The molecule has 0 aliphatic carbocycles. The molecule has 32 heteroatoms. The van der Waals surface area contributed by atoms with Crippen molar-refractivity contribution < 1.29 is 109 Å². The van der Waals surface area contributed by atoms with Gasteiger partial charge in [0.1, 0.15) is 0 Å². The Hall–Kier alpha value is -2.34. The molecule has 0 radical (unpaired) electrons. The molecular formula is C55H111Cl6N11O12Pt3. The van der Waals surface area contributed by atoms with Gasteiger partial charge in [-0.2, -0.15) is 0 Å². The van der Waals surface area contributed by atoms with Crippen LogP contribution in [0.25, 0.3) is 30.8 Å². The molecule has 0 fully saturated rings. The minimum Gasteiger partial charge on any atom is -0.693 e. The topological polar surface area (TPSA) is 463 Å². The number of hydrogen-bond donors (Lipinski definition) is 12. The van der Waals surface area contributed by atoms with Crippen LogP contribution in [0.2, 0.25) is 0 Å². The molecule has 0 aliphatic rings. The number of halogens is 6. The summed E-state index contributed by atoms with van der Waals surface area (Å²) in [6, 6.07) is 16.0. The Morgan fingerprint density at radius 1 is 0.402 bits per heavy atom. The number of carbonyl (C=O) groups is 6. The molecule has 0 spiro atoms. The molecule has 0 aliphatic heterocycles. The van der Waals surface area contributed by atoms with Crippen LogP contribution < -0.4 is 31.9 Å². The van der Waals surface area contributed by atoms with E-state index in [-0.39, 0.29) is 59.8 Å². The van der Waals surface area contributed by atoms with Crippen molar-refractivity contribution in [1.29, 1.82) is 0 Å². The van der Waals surface area contributed by atoms with Gasteiger partial charge in [-0.25, -0.2) is 28.8 Å². The van der Waals surface area contributed by atoms with E-state index in [2.05, 4.69) is 101 Å². The Balaban J connectivity index is -0.0000000664. The third kappa shape index (κ3) is 103. The zero-order valence-corrected chi connectivity index (χ0v) is 65.3. The van der Waals surface area contributed by atoms with Gasteiger partial charge in [0.05, 0.1) is 0 Å². The third-order valence-corrected chi connectivity index (χ3v) is 10.2. The average Bonchev–Trinajstić information content (AvgIpc) is 3.35. The summed E-state index contributed by atoms with van der Waals surface area (Å²) in [5.41, 5.74) is 4.81. The van der Waals surface area contributed by atoms with Crippen LogP contribution in [0.5, 0.6) is 0 Å². The molecule has 2 unspecified atom stereocenters. The summed E-state index contributed by atoms with van der Waals surface area (Å²) in [5.74, 6) is 1.03. The first-order chi connectivity index (χ1) is 37.3. The Morgan fingerprint density at radius 2 is 0.609 bits per heavy atom. The Kier molecular flexibility index (Phi) is 96.5. The van der Waals surface area contributed by atoms with E-state index in [0.717, 1.165) is 36.8 Å². The van der Waals surface area contributed by atoms with Crippen LogP contribution in [0, 0.1) is 30.1 Å². The summed E-state index contributed by atoms with van der Waals surface area (Å²) in [5, 5.41) is 64.1. The fourth-order valence-corrected chi connectivity index (χ4v) is 5.63. The summed E-state index contributed by atoms with van der Waals surface area (Å²) in [7, 11) is 29.2. The Labute approximate surface area is 572 Å². The molecule has 0 heterocycles. The second-order valence-corrected chi connectivity index (χ2v) is 31.8. The number of nitrogens with one attached hydrogen (secondary N) is 6. The van der Waals surface area contributed by atoms with E-state index in [0.29, 0.717) is 51.1 Å². The largest absolute Gasteiger partial charge is 0.693 e. The predicted molar refractivity (Wildman–Crippen MR) is 358 cm³/mol. The molecule has 22 N–H and O–H groups in total. The molecule has 0 saturated heterocycles. The van der Waals surface area contributed by atoms with Crippen molar-refractivity contribution in [2.24, 2.45) is 22.7 Å². The second-order valence-electron chi connectivity index (χ2n) is 22.0. The maximum atomic E-state index is 10.3. The number of carboxylic acid groups (broad SMARTS) is 6. The predicted octanol–water partition coefficient (Wildman–Crippen LogP) is 21.2. The van der Waals surface area contributed by atoms with E-state index < -0.39 is 86.0 Å². The zero-order chi connectivity index (χ0) is 64.8. The van der Waals surface area contributed by atoms with E-state index in [1.54, 1.807) is 0 Å². The van der Waals surface area contributed by atoms with Crippen molar-refractivity contribution in [3.63, 3.8) is 0 Å². The van der Waals surface area contributed by atoms with Crippen LogP contribution in [-0.2, 0) is 73.4 Å². The number of nitrogens with two attached hydrogens (primary N) is 5. The van der Waals surface area contributed by atoms with Gasteiger partial charge in [-0.15, -0.1) is 0 Å². The summed E-state index contributed by atoms with van der Waals surface area (Å²) in [6.45, 7) is 36.2. The van der Waals surface area contributed by atoms with E-state index in [1.807, 2.05) is 90.1 Å². The van der Waals surface area contributed by atoms with Crippen molar-refractivity contribution in [2.75, 3.05) is 26.2 Å². The maximum absolute atomic E-state index is 10.3. The molecule has 2 aromatic rings. The molecule has 0 bridgehead atoms. The fraction of sp³-hybridized carbons (Fsp3) is 0.655. The molecule has 2 atom stereocenters. The first-order valence-corrected chi connectivity index (χ1v) is 42.6. The number of hydrogen-bond acceptors (Lipinski definition) is 6. The second kappa shape index (κ2) is 72.7. The van der Waals surface area contributed by atoms with Gasteiger partial charge in [0.25, 0.3) is 0 Å². The van der Waals surface area contributed by atoms with Crippen molar-refractivity contribution in [1.82, 2.24) is 31.9 Å². The summed E-state index contributed by atoms with van der Waals surface area (Å²) >= 11 is -1.42. The maximum Gasteiger partial charge on any atom is -0.693 e. The Bertz CT molecular complexity index is 1750. The standard InChI is InChI=1S/2C12H17NO2.2C9H19NO2.2C6H13NO2.CH3.6ClH.5H2N.3Pt/c2*1-12(2,3)10-6-4-9(5-7-10)8-13-11(14)15;2*1-3-5-6-8(4-2)7-10-9(11)12;2*1-6(2,3)4-7-5(8)9;;;;;;;;;;;;;;;/h2*4-7,13H,8H2,1-3H3,(H,14,15);2*8,10H,3-7H2,1-2H3,(H,11,12);2*7H,4H2,1-3H3,(H,8,9);1H3;6*1H;5*1H2;;;/q;;;;;;-1;;;;;;;5*-1;3*+4/p-6. The van der Waals surface area contributed by atoms with Crippen molar-refractivity contribution >= 4 is 93.1 Å². The molecule has 87 heavy (non-hydrogen) atoms. The van der Waals surface area contributed by atoms with Gasteiger partial charge in [-0.1, -0.05) is 198 Å². The molecule has 0 saturated carbocycles. The van der Waals surface area contributed by atoms with Crippen LogP contribution in [0.15, 0.2) is 48.5 Å². The Morgan fingerprint density at radius 3 is 0.747 bits per heavy atom. The summed E-state index contributed by atoms with van der Waals surface area (Å²) < 4.78 is 0. The van der Waals surface area contributed by atoms with Crippen LogP contribution in [0.4, 0.5) is 28.8 Å². The zero-order valence-electron chi connectivity index (χ0n) is 53.9. The number of benzene rings is 2. The number of rotatable bonds is 18. The SMILES string of the molecule is CC(C)(C)CNC(=O)O.CC(C)(C)CNC(=O)O.CC(C)(C)c1ccc(CNC(=O)O)cc1.CC(C)(C)c1ccc(CNC(=O)O)cc1.CCCCC(CC)CNC(=O)O.CCCCC(CC)CNC(=O)O.[CH3-].[Cl][Pt+2][Cl].[Cl][Pt+2][Cl].[Cl][Pt+2][Cl].[NH2-].[NH2-].[NH2-].[NH2-].[NH2-]. The van der Waals surface area contributed by atoms with Crippen LogP contribution in [-0.4, -0.2) is 93.4 Å². The van der Waals surface area contributed by atoms with Gasteiger partial charge in [0.2, 0.25) is 0 Å². The van der Waals surface area contributed by atoms with Crippen molar-refractivity contribution in [2.45, 2.75) is 186 Å². The van der Waals surface area contributed by atoms with Crippen molar-refractivity contribution in [3.8, 4) is 0 Å². The number of amides is 6. The van der Waals surface area contributed by atoms with E-state index in [1.165, 1.54) is 36.8 Å². The molecule has 23 nitrogen and oxygen atoms in total. The minimum atomic E-state index is -0.991. The van der Waals surface area contributed by atoms with Crippen molar-refractivity contribution in [3.05, 3.63) is 109 Å². The van der Waals surface area contributed by atoms with Crippen LogP contribution in [0.1, 0.15) is 184 Å². The van der Waals surface area contributed by atoms with E-state index in [9.17, 15) is 28.8 Å². The van der Waals surface area contributed by atoms with E-state index in [4.69, 9.17) is 87.1 Å². The first kappa shape index (κ1) is 115. The van der Waals surface area contributed by atoms with E-state index >= 15 is 0 Å². The molecule has 6 amide bonds. The molecule has 2 rings (SSSR count). The van der Waals surface area contributed by atoms with Gasteiger partial charge in [-0.05, 0) is 68.6 Å². The molecular weight excluding hydrogens is 1800 g/mol. The normalized spacial score (nSPS) is 10.3. The van der Waals surface area contributed by atoms with Gasteiger partial charge < -0.3 is 101 Å². The van der Waals surface area contributed by atoms with Gasteiger partial charge in [0, 0.05) is 39.3 Å². The minimum absolute atomic E-state index is 0. The van der Waals surface area contributed by atoms with Crippen LogP contribution in [0.3, 0.4) is 0 Å². The molecule has 0 aromatic heterocycles. The first-order valence-electron chi connectivity index (χ1n) is 25.7. The summed E-state index contributed by atoms with van der Waals surface area (Å²) in [6.07, 6.45) is 3.42. The number of unbranched alkanes of at least 4 members (excludes halogenated alkanes) is 2. The van der Waals surface area contributed by atoms with Gasteiger partial charge in [0.15, 0.2) is 0 Å². The molecule has 530 valence electrons. The molecule has 2 aromatic carbocycles. The average molecular weight is 1920 g/mol.